The van der Waals surface area contributed by atoms with Crippen molar-refractivity contribution in [1.29, 1.82) is 0 Å². The zero-order valence-corrected chi connectivity index (χ0v) is 21.6. The monoisotopic (exact) mass is 481 g/mol. The molecule has 2 atom stereocenters. The highest BCUT2D eigenvalue weighted by atomic mass is 16.2. The number of hydrogen-bond donors (Lipinski definition) is 0. The largest absolute Gasteiger partial charge is 0.332 e. The standard InChI is InChI=1S/C31H35N3O2/c1-5-22-18-20-24(21-19-22)34-29(32-27-17-13-12-16-26(27)31(34)36)28(7-3)33(8-4)30(35)25(6-2)23-14-10-9-11-15-23/h9-21,25,28H,5-8H2,1-4H3. The first-order valence-electron chi connectivity index (χ1n) is 13.0. The maximum Gasteiger partial charge on any atom is 0.266 e. The number of carbonyl (C=O) groups is 1. The minimum atomic E-state index is -0.344. The lowest BCUT2D eigenvalue weighted by atomic mass is 9.94. The summed E-state index contributed by atoms with van der Waals surface area (Å²) in [5, 5.41) is 0.570. The molecule has 0 fully saturated rings. The van der Waals surface area contributed by atoms with Crippen molar-refractivity contribution in [1.82, 2.24) is 14.5 Å². The highest BCUT2D eigenvalue weighted by Crippen LogP contribution is 2.30. The minimum absolute atomic E-state index is 0.0633. The van der Waals surface area contributed by atoms with Gasteiger partial charge < -0.3 is 4.90 Å². The summed E-state index contributed by atoms with van der Waals surface area (Å²) < 4.78 is 1.70. The third kappa shape index (κ3) is 4.83. The van der Waals surface area contributed by atoms with Crippen LogP contribution in [0.15, 0.2) is 83.7 Å². The van der Waals surface area contributed by atoms with Crippen LogP contribution in [-0.4, -0.2) is 26.9 Å². The fourth-order valence-corrected chi connectivity index (χ4v) is 5.01. The summed E-state index contributed by atoms with van der Waals surface area (Å²) in [7, 11) is 0. The lowest BCUT2D eigenvalue weighted by Gasteiger charge is -2.34. The van der Waals surface area contributed by atoms with E-state index in [2.05, 4.69) is 13.8 Å². The van der Waals surface area contributed by atoms with Gasteiger partial charge in [0.05, 0.1) is 28.6 Å². The second-order valence-electron chi connectivity index (χ2n) is 9.07. The first-order chi connectivity index (χ1) is 17.5. The van der Waals surface area contributed by atoms with Gasteiger partial charge in [-0.2, -0.15) is 0 Å². The Kier molecular flexibility index (Phi) is 7.99. The van der Waals surface area contributed by atoms with Gasteiger partial charge in [-0.25, -0.2) is 4.98 Å². The molecule has 1 amide bonds. The Hall–Kier alpha value is -3.73. The van der Waals surface area contributed by atoms with Crippen LogP contribution in [0.25, 0.3) is 16.6 Å². The highest BCUT2D eigenvalue weighted by Gasteiger charge is 2.32. The first kappa shape index (κ1) is 25.4. The number of amides is 1. The van der Waals surface area contributed by atoms with Crippen molar-refractivity contribution in [2.75, 3.05) is 6.54 Å². The number of aromatic nitrogens is 2. The van der Waals surface area contributed by atoms with Gasteiger partial charge in [-0.05, 0) is 61.6 Å². The van der Waals surface area contributed by atoms with Crippen LogP contribution in [0.2, 0.25) is 0 Å². The fourth-order valence-electron chi connectivity index (χ4n) is 5.01. The summed E-state index contributed by atoms with van der Waals surface area (Å²) in [6, 6.07) is 25.1. The topological polar surface area (TPSA) is 55.2 Å². The number of carbonyl (C=O) groups excluding carboxylic acids is 1. The van der Waals surface area contributed by atoms with E-state index < -0.39 is 0 Å². The number of para-hydroxylation sites is 1. The lowest BCUT2D eigenvalue weighted by Crippen LogP contribution is -2.40. The summed E-state index contributed by atoms with van der Waals surface area (Å²) in [6.45, 7) is 8.73. The van der Waals surface area contributed by atoms with Crippen LogP contribution in [0.5, 0.6) is 0 Å². The molecule has 4 aromatic rings. The van der Waals surface area contributed by atoms with Gasteiger partial charge in [0.15, 0.2) is 0 Å². The van der Waals surface area contributed by atoms with E-state index in [1.807, 2.05) is 97.6 Å². The number of rotatable bonds is 9. The van der Waals surface area contributed by atoms with Crippen LogP contribution in [0.4, 0.5) is 0 Å². The van der Waals surface area contributed by atoms with Crippen molar-refractivity contribution in [3.05, 3.63) is 106 Å². The predicted octanol–water partition coefficient (Wildman–Crippen LogP) is 6.44. The Morgan fingerprint density at radius 1 is 0.861 bits per heavy atom. The normalized spacial score (nSPS) is 12.9. The van der Waals surface area contributed by atoms with Crippen LogP contribution >= 0.6 is 0 Å². The number of benzene rings is 3. The smallest absolute Gasteiger partial charge is 0.266 e. The van der Waals surface area contributed by atoms with Crippen molar-refractivity contribution in [3.63, 3.8) is 0 Å². The second-order valence-corrected chi connectivity index (χ2v) is 9.07. The molecule has 1 heterocycles. The maximum absolute atomic E-state index is 14.0. The summed E-state index contributed by atoms with van der Waals surface area (Å²) in [6.07, 6.45) is 2.26. The van der Waals surface area contributed by atoms with Crippen LogP contribution in [-0.2, 0) is 11.2 Å². The van der Waals surface area contributed by atoms with Gasteiger partial charge in [0.2, 0.25) is 5.91 Å². The van der Waals surface area contributed by atoms with E-state index in [1.54, 1.807) is 4.57 Å². The third-order valence-electron chi connectivity index (χ3n) is 7.00. The summed E-state index contributed by atoms with van der Waals surface area (Å²) in [4.78, 5) is 34.7. The fraction of sp³-hybridized carbons (Fsp3) is 0.323. The van der Waals surface area contributed by atoms with E-state index in [-0.39, 0.29) is 23.4 Å². The molecule has 0 radical (unpaired) electrons. The number of hydrogen-bond acceptors (Lipinski definition) is 3. The van der Waals surface area contributed by atoms with Crippen LogP contribution in [0.3, 0.4) is 0 Å². The predicted molar refractivity (Wildman–Crippen MR) is 147 cm³/mol. The molecule has 0 aliphatic rings. The number of nitrogens with zero attached hydrogens (tertiary/aromatic N) is 3. The molecule has 0 spiro atoms. The van der Waals surface area contributed by atoms with Crippen molar-refractivity contribution in [2.45, 2.75) is 58.9 Å². The first-order valence-corrected chi connectivity index (χ1v) is 13.0. The lowest BCUT2D eigenvalue weighted by molar-refractivity contribution is -0.135. The summed E-state index contributed by atoms with van der Waals surface area (Å²) >= 11 is 0. The van der Waals surface area contributed by atoms with E-state index in [1.165, 1.54) is 5.56 Å². The molecule has 2 unspecified atom stereocenters. The van der Waals surface area contributed by atoms with E-state index >= 15 is 0 Å². The van der Waals surface area contributed by atoms with Gasteiger partial charge in [0.1, 0.15) is 5.82 Å². The number of fused-ring (bicyclic) bond motifs is 1. The SMILES string of the molecule is CCc1ccc(-n2c(C(CC)N(CC)C(=O)C(CC)c3ccccc3)nc3ccccc3c2=O)cc1. The molecule has 4 rings (SSSR count). The average molecular weight is 482 g/mol. The van der Waals surface area contributed by atoms with Crippen LogP contribution < -0.4 is 5.56 Å². The van der Waals surface area contributed by atoms with Crippen LogP contribution in [0, 0.1) is 0 Å². The van der Waals surface area contributed by atoms with Crippen molar-refractivity contribution in [2.24, 2.45) is 0 Å². The van der Waals surface area contributed by atoms with Gasteiger partial charge >= 0.3 is 0 Å². The molecule has 0 aliphatic heterocycles. The summed E-state index contributed by atoms with van der Waals surface area (Å²) in [5.74, 6) is 0.418. The van der Waals surface area contributed by atoms with E-state index in [0.29, 0.717) is 36.1 Å². The van der Waals surface area contributed by atoms with Gasteiger partial charge in [-0.1, -0.05) is 75.4 Å². The van der Waals surface area contributed by atoms with Gasteiger partial charge in [0, 0.05) is 6.54 Å². The molecule has 0 N–H and O–H groups in total. The zero-order chi connectivity index (χ0) is 25.7. The molecule has 0 saturated heterocycles. The molecule has 0 aliphatic carbocycles. The van der Waals surface area contributed by atoms with Gasteiger partial charge in [-0.3, -0.25) is 14.2 Å². The molecule has 186 valence electrons. The van der Waals surface area contributed by atoms with Crippen molar-refractivity contribution >= 4 is 16.8 Å². The Bertz CT molecular complexity index is 1380. The van der Waals surface area contributed by atoms with E-state index in [4.69, 9.17) is 4.98 Å². The average Bonchev–Trinajstić information content (AvgIpc) is 2.92. The summed E-state index contributed by atoms with van der Waals surface area (Å²) in [5.41, 5.74) is 3.51. The Morgan fingerprint density at radius 2 is 1.53 bits per heavy atom. The molecule has 5 nitrogen and oxygen atoms in total. The van der Waals surface area contributed by atoms with Gasteiger partial charge in [0.25, 0.3) is 5.56 Å². The Morgan fingerprint density at radius 3 is 2.14 bits per heavy atom. The van der Waals surface area contributed by atoms with Gasteiger partial charge in [-0.15, -0.1) is 0 Å². The quantitative estimate of drug-likeness (QED) is 0.276. The zero-order valence-electron chi connectivity index (χ0n) is 21.6. The second kappa shape index (κ2) is 11.3. The van der Waals surface area contributed by atoms with Crippen LogP contribution in [0.1, 0.15) is 69.4 Å². The number of likely N-dealkylation sites (N-methyl/N-ethyl adjacent to an activating group) is 1. The molecule has 5 heteroatoms. The molecule has 1 aromatic heterocycles. The molecule has 0 bridgehead atoms. The highest BCUT2D eigenvalue weighted by molar-refractivity contribution is 5.84. The Balaban J connectivity index is 1.89. The third-order valence-corrected chi connectivity index (χ3v) is 7.00. The molecular formula is C31H35N3O2. The maximum atomic E-state index is 14.0. The van der Waals surface area contributed by atoms with E-state index in [9.17, 15) is 9.59 Å². The molecule has 0 saturated carbocycles. The van der Waals surface area contributed by atoms with Crippen molar-refractivity contribution in [3.8, 4) is 5.69 Å². The minimum Gasteiger partial charge on any atom is -0.332 e. The van der Waals surface area contributed by atoms with E-state index in [0.717, 1.165) is 17.7 Å². The molecule has 36 heavy (non-hydrogen) atoms. The molecular weight excluding hydrogens is 446 g/mol. The Labute approximate surface area is 213 Å². The van der Waals surface area contributed by atoms with Crippen molar-refractivity contribution < 1.29 is 4.79 Å². The molecule has 3 aromatic carbocycles. The number of aryl methyl sites for hydroxylation is 1.